The SMILES string of the molecule is C=CC(C)(C)CC(C)(C)Oc1ccc(OC(=O)c2ccc(OC(C)(C)CC(C)(C)S)cc2)cc1. The first kappa shape index (κ1) is 27.8. The zero-order chi connectivity index (χ0) is 25.8. The van der Waals surface area contributed by atoms with E-state index in [-0.39, 0.29) is 21.4 Å². The Morgan fingerprint density at radius 1 is 0.765 bits per heavy atom. The van der Waals surface area contributed by atoms with E-state index in [4.69, 9.17) is 14.2 Å². The second-order valence-electron chi connectivity index (χ2n) is 11.5. The van der Waals surface area contributed by atoms with Crippen molar-refractivity contribution in [2.45, 2.75) is 84.2 Å². The Bertz CT molecular complexity index is 965. The van der Waals surface area contributed by atoms with Crippen LogP contribution in [-0.2, 0) is 0 Å². The molecule has 2 aromatic rings. The van der Waals surface area contributed by atoms with Crippen LogP contribution in [0.4, 0.5) is 0 Å². The van der Waals surface area contributed by atoms with E-state index in [1.54, 1.807) is 36.4 Å². The van der Waals surface area contributed by atoms with E-state index in [9.17, 15) is 4.79 Å². The second kappa shape index (κ2) is 10.5. The van der Waals surface area contributed by atoms with Crippen LogP contribution in [0.2, 0.25) is 0 Å². The van der Waals surface area contributed by atoms with E-state index in [0.717, 1.165) is 18.6 Å². The highest BCUT2D eigenvalue weighted by atomic mass is 32.1. The molecule has 0 saturated heterocycles. The molecule has 0 heterocycles. The Kier molecular flexibility index (Phi) is 8.57. The third-order valence-electron chi connectivity index (χ3n) is 5.20. The normalized spacial score (nSPS) is 12.7. The van der Waals surface area contributed by atoms with E-state index < -0.39 is 5.97 Å². The van der Waals surface area contributed by atoms with Crippen molar-refractivity contribution in [3.63, 3.8) is 0 Å². The Balaban J connectivity index is 1.97. The lowest BCUT2D eigenvalue weighted by molar-refractivity contribution is 0.0688. The van der Waals surface area contributed by atoms with Gasteiger partial charge in [-0.25, -0.2) is 4.79 Å². The minimum Gasteiger partial charge on any atom is -0.488 e. The Morgan fingerprint density at radius 3 is 1.62 bits per heavy atom. The highest BCUT2D eigenvalue weighted by Gasteiger charge is 2.29. The molecule has 0 bridgehead atoms. The van der Waals surface area contributed by atoms with E-state index >= 15 is 0 Å². The first-order valence-corrected chi connectivity index (χ1v) is 12.1. The summed E-state index contributed by atoms with van der Waals surface area (Å²) in [4.78, 5) is 12.6. The van der Waals surface area contributed by atoms with Crippen molar-refractivity contribution in [2.75, 3.05) is 0 Å². The van der Waals surface area contributed by atoms with Gasteiger partial charge >= 0.3 is 5.97 Å². The van der Waals surface area contributed by atoms with Crippen LogP contribution < -0.4 is 14.2 Å². The topological polar surface area (TPSA) is 44.8 Å². The number of benzene rings is 2. The van der Waals surface area contributed by atoms with Gasteiger partial charge in [0.2, 0.25) is 0 Å². The molecule has 5 heteroatoms. The molecule has 0 amide bonds. The van der Waals surface area contributed by atoms with Gasteiger partial charge in [0.25, 0.3) is 0 Å². The largest absolute Gasteiger partial charge is 0.488 e. The molecule has 0 aromatic heterocycles. The first-order valence-electron chi connectivity index (χ1n) is 11.7. The molecule has 0 unspecified atom stereocenters. The molecule has 2 aromatic carbocycles. The van der Waals surface area contributed by atoms with Crippen LogP contribution in [0.1, 0.15) is 78.6 Å². The molecular formula is C29H40O4S. The van der Waals surface area contributed by atoms with Crippen LogP contribution in [0.15, 0.2) is 61.2 Å². The highest BCUT2D eigenvalue weighted by molar-refractivity contribution is 7.81. The van der Waals surface area contributed by atoms with Gasteiger partial charge in [-0.3, -0.25) is 0 Å². The smallest absolute Gasteiger partial charge is 0.343 e. The van der Waals surface area contributed by atoms with Crippen LogP contribution in [0.3, 0.4) is 0 Å². The molecule has 0 aliphatic carbocycles. The maximum Gasteiger partial charge on any atom is 0.343 e. The lowest BCUT2D eigenvalue weighted by atomic mass is 9.82. The van der Waals surface area contributed by atoms with Gasteiger partial charge in [0, 0.05) is 11.2 Å². The molecule has 4 nitrogen and oxygen atoms in total. The number of rotatable bonds is 11. The van der Waals surface area contributed by atoms with E-state index in [1.807, 2.05) is 32.1 Å². The summed E-state index contributed by atoms with van der Waals surface area (Å²) >= 11 is 4.60. The molecule has 0 fully saturated rings. The summed E-state index contributed by atoms with van der Waals surface area (Å²) in [6.45, 7) is 20.5. The molecule has 0 saturated carbocycles. The van der Waals surface area contributed by atoms with Gasteiger partial charge in [0.05, 0.1) is 5.56 Å². The molecule has 0 aliphatic rings. The lowest BCUT2D eigenvalue weighted by Crippen LogP contribution is -2.35. The van der Waals surface area contributed by atoms with Crippen molar-refractivity contribution in [3.05, 3.63) is 66.7 Å². The molecule has 0 spiro atoms. The quantitative estimate of drug-likeness (QED) is 0.152. The number of hydrogen-bond donors (Lipinski definition) is 1. The Labute approximate surface area is 211 Å². The van der Waals surface area contributed by atoms with Crippen LogP contribution in [0, 0.1) is 5.41 Å². The average Bonchev–Trinajstić information content (AvgIpc) is 2.66. The molecule has 0 N–H and O–H groups in total. The molecular weight excluding hydrogens is 444 g/mol. The molecule has 2 rings (SSSR count). The molecule has 0 radical (unpaired) electrons. The summed E-state index contributed by atoms with van der Waals surface area (Å²) in [7, 11) is 0. The third kappa shape index (κ3) is 9.46. The third-order valence-corrected chi connectivity index (χ3v) is 5.36. The van der Waals surface area contributed by atoms with E-state index in [2.05, 4.69) is 60.8 Å². The summed E-state index contributed by atoms with van der Waals surface area (Å²) in [6.07, 6.45) is 3.54. The summed E-state index contributed by atoms with van der Waals surface area (Å²) in [5, 5.41) is 0. The standard InChI is InChI=1S/C29H40O4S/c1-10-26(2,3)19-27(4,5)32-24-17-15-22(16-18-24)31-25(30)21-11-13-23(14-12-21)33-28(6,7)20-29(8,9)34/h10-18,34H,1,19-20H2,2-9H3. The lowest BCUT2D eigenvalue weighted by Gasteiger charge is -2.33. The van der Waals surface area contributed by atoms with Crippen LogP contribution in [0.25, 0.3) is 0 Å². The minimum atomic E-state index is -0.427. The zero-order valence-electron chi connectivity index (χ0n) is 21.9. The van der Waals surface area contributed by atoms with Crippen LogP contribution in [-0.4, -0.2) is 21.9 Å². The summed E-state index contributed by atoms with van der Waals surface area (Å²) in [5.74, 6) is 1.45. The Hall–Kier alpha value is -2.40. The number of allylic oxidation sites excluding steroid dienone is 1. The van der Waals surface area contributed by atoms with Crippen molar-refractivity contribution in [3.8, 4) is 17.2 Å². The fourth-order valence-electron chi connectivity index (χ4n) is 4.32. The monoisotopic (exact) mass is 484 g/mol. The predicted molar refractivity (Wildman–Crippen MR) is 144 cm³/mol. The van der Waals surface area contributed by atoms with Gasteiger partial charge in [-0.05, 0) is 88.1 Å². The van der Waals surface area contributed by atoms with Crippen molar-refractivity contribution in [2.24, 2.45) is 5.41 Å². The number of thiol groups is 1. The van der Waals surface area contributed by atoms with Crippen molar-refractivity contribution >= 4 is 18.6 Å². The van der Waals surface area contributed by atoms with E-state index in [0.29, 0.717) is 17.1 Å². The van der Waals surface area contributed by atoms with Crippen molar-refractivity contribution in [1.29, 1.82) is 0 Å². The highest BCUT2D eigenvalue weighted by Crippen LogP contribution is 2.33. The number of carbonyl (C=O) groups excluding carboxylic acids is 1. The molecule has 0 atom stereocenters. The second-order valence-corrected chi connectivity index (χ2v) is 12.7. The van der Waals surface area contributed by atoms with Crippen LogP contribution >= 0.6 is 12.6 Å². The minimum absolute atomic E-state index is 0.0293. The predicted octanol–water partition coefficient (Wildman–Crippen LogP) is 7.92. The molecule has 34 heavy (non-hydrogen) atoms. The summed E-state index contributed by atoms with van der Waals surface area (Å²) in [6, 6.07) is 14.1. The number of carbonyl (C=O) groups is 1. The fourth-order valence-corrected chi connectivity index (χ4v) is 4.70. The Morgan fingerprint density at radius 2 is 1.18 bits per heavy atom. The van der Waals surface area contributed by atoms with Crippen LogP contribution in [0.5, 0.6) is 17.2 Å². The maximum atomic E-state index is 12.6. The van der Waals surface area contributed by atoms with E-state index in [1.165, 1.54) is 0 Å². The van der Waals surface area contributed by atoms with Gasteiger partial charge in [0.15, 0.2) is 0 Å². The van der Waals surface area contributed by atoms with Crippen molar-refractivity contribution < 1.29 is 19.0 Å². The van der Waals surface area contributed by atoms with Gasteiger partial charge < -0.3 is 14.2 Å². The van der Waals surface area contributed by atoms with Gasteiger partial charge in [-0.15, -0.1) is 6.58 Å². The summed E-state index contributed by atoms with van der Waals surface area (Å²) in [5.41, 5.74) is -0.324. The first-order chi connectivity index (χ1) is 15.5. The molecule has 186 valence electrons. The maximum absolute atomic E-state index is 12.6. The summed E-state index contributed by atoms with van der Waals surface area (Å²) < 4.78 is 17.6. The number of hydrogen-bond acceptors (Lipinski definition) is 5. The molecule has 0 aliphatic heterocycles. The number of ether oxygens (including phenoxy) is 3. The zero-order valence-corrected chi connectivity index (χ0v) is 22.8. The fraction of sp³-hybridized carbons (Fsp3) is 0.483. The van der Waals surface area contributed by atoms with Gasteiger partial charge in [-0.2, -0.15) is 12.6 Å². The van der Waals surface area contributed by atoms with Gasteiger partial charge in [0.1, 0.15) is 28.5 Å². The van der Waals surface area contributed by atoms with Crippen molar-refractivity contribution in [1.82, 2.24) is 0 Å². The average molecular weight is 485 g/mol. The number of esters is 1. The van der Waals surface area contributed by atoms with Gasteiger partial charge in [-0.1, -0.05) is 33.8 Å².